The molecule has 6 heteroatoms. The molecule has 0 radical (unpaired) electrons. The van der Waals surface area contributed by atoms with Crippen LogP contribution >= 0.6 is 0 Å². The van der Waals surface area contributed by atoms with Crippen molar-refractivity contribution in [2.24, 2.45) is 0 Å². The first kappa shape index (κ1) is 15.0. The first-order valence-corrected chi connectivity index (χ1v) is 7.03. The van der Waals surface area contributed by atoms with Gasteiger partial charge in [-0.05, 0) is 32.1 Å². The van der Waals surface area contributed by atoms with Gasteiger partial charge < -0.3 is 15.4 Å². The first-order chi connectivity index (χ1) is 11.0. The summed E-state index contributed by atoms with van der Waals surface area (Å²) in [6.45, 7) is 3.29. The second kappa shape index (κ2) is 5.71. The number of hydrogen-bond donors (Lipinski definition) is 3. The highest BCUT2D eigenvalue weighted by Gasteiger charge is 2.28. The molecule has 0 aliphatic carbocycles. The first-order valence-electron chi connectivity index (χ1n) is 7.03. The molecule has 3 rings (SSSR count). The number of anilines is 1. The van der Waals surface area contributed by atoms with Gasteiger partial charge in [0.05, 0.1) is 34.5 Å². The second-order valence-electron chi connectivity index (χ2n) is 5.20. The Labute approximate surface area is 132 Å². The van der Waals surface area contributed by atoms with Crippen LogP contribution in [0.4, 0.5) is 10.1 Å². The molecule has 0 saturated heterocycles. The summed E-state index contributed by atoms with van der Waals surface area (Å²) in [7, 11) is 0. The summed E-state index contributed by atoms with van der Waals surface area (Å²) >= 11 is 0. The minimum atomic E-state index is -0.891. The number of rotatable bonds is 1. The van der Waals surface area contributed by atoms with Crippen LogP contribution in [0.2, 0.25) is 0 Å². The normalized spacial score (nSPS) is 15.8. The third-order valence-corrected chi connectivity index (χ3v) is 3.48. The van der Waals surface area contributed by atoms with E-state index in [2.05, 4.69) is 27.1 Å². The van der Waals surface area contributed by atoms with Gasteiger partial charge in [0.25, 0.3) is 5.91 Å². The highest BCUT2D eigenvalue weighted by molar-refractivity contribution is 6.35. The topological polar surface area (TPSA) is 78.0 Å². The van der Waals surface area contributed by atoms with Crippen LogP contribution in [0.5, 0.6) is 0 Å². The average molecular weight is 311 g/mol. The third kappa shape index (κ3) is 2.74. The van der Waals surface area contributed by atoms with Crippen LogP contribution in [0, 0.1) is 24.6 Å². The molecular formula is C17H14FN3O2. The number of benzene rings is 1. The number of aryl methyl sites for hydroxylation is 1. The summed E-state index contributed by atoms with van der Waals surface area (Å²) < 4.78 is 14.2. The Morgan fingerprint density at radius 3 is 2.87 bits per heavy atom. The van der Waals surface area contributed by atoms with Crippen molar-refractivity contribution < 1.29 is 14.3 Å². The average Bonchev–Trinajstić information content (AvgIpc) is 3.03. The Balaban J connectivity index is 2.21. The van der Waals surface area contributed by atoms with Gasteiger partial charge in [-0.1, -0.05) is 11.8 Å². The fraction of sp³-hybridized carbons (Fsp3) is 0.176. The van der Waals surface area contributed by atoms with Gasteiger partial charge in [0.2, 0.25) is 0 Å². The number of hydrogen-bond acceptors (Lipinski definition) is 3. The van der Waals surface area contributed by atoms with Crippen LogP contribution in [0.15, 0.2) is 18.5 Å². The van der Waals surface area contributed by atoms with E-state index >= 15 is 0 Å². The van der Waals surface area contributed by atoms with E-state index < -0.39 is 11.9 Å². The minimum Gasteiger partial charge on any atom is -0.381 e. The molecule has 0 fully saturated rings. The maximum atomic E-state index is 14.2. The van der Waals surface area contributed by atoms with E-state index in [1.807, 2.05) is 0 Å². The molecule has 0 spiro atoms. The van der Waals surface area contributed by atoms with E-state index in [0.717, 1.165) is 5.69 Å². The lowest BCUT2D eigenvalue weighted by atomic mass is 9.99. The van der Waals surface area contributed by atoms with Crippen molar-refractivity contribution >= 4 is 23.2 Å². The number of imidazole rings is 1. The maximum absolute atomic E-state index is 14.2. The lowest BCUT2D eigenvalue weighted by Crippen LogP contribution is -2.03. The molecule has 1 atom stereocenters. The molecule has 116 valence electrons. The molecule has 1 aromatic heterocycles. The number of amides is 1. The lowest BCUT2D eigenvalue weighted by Gasteiger charge is -2.04. The Bertz CT molecular complexity index is 885. The highest BCUT2D eigenvalue weighted by atomic mass is 19.1. The Morgan fingerprint density at radius 2 is 2.22 bits per heavy atom. The molecule has 1 aliphatic rings. The van der Waals surface area contributed by atoms with Crippen molar-refractivity contribution in [1.29, 1.82) is 0 Å². The molecule has 3 N–H and O–H groups in total. The number of nitrogens with zero attached hydrogens (tertiary/aromatic N) is 1. The lowest BCUT2D eigenvalue weighted by molar-refractivity contribution is -0.110. The van der Waals surface area contributed by atoms with Gasteiger partial charge >= 0.3 is 0 Å². The third-order valence-electron chi connectivity index (χ3n) is 3.48. The van der Waals surface area contributed by atoms with Gasteiger partial charge in [0.1, 0.15) is 11.9 Å². The summed E-state index contributed by atoms with van der Waals surface area (Å²) in [5.74, 6) is 4.27. The van der Waals surface area contributed by atoms with E-state index in [9.17, 15) is 14.3 Å². The molecular weight excluding hydrogens is 297 g/mol. The van der Waals surface area contributed by atoms with E-state index in [1.165, 1.54) is 25.4 Å². The van der Waals surface area contributed by atoms with Crippen LogP contribution < -0.4 is 5.32 Å². The summed E-state index contributed by atoms with van der Waals surface area (Å²) in [5, 5.41) is 12.0. The van der Waals surface area contributed by atoms with Crippen molar-refractivity contribution in [3.05, 3.63) is 46.8 Å². The molecule has 2 heterocycles. The quantitative estimate of drug-likeness (QED) is 0.557. The predicted molar refractivity (Wildman–Crippen MR) is 84.8 cm³/mol. The van der Waals surface area contributed by atoms with Crippen LogP contribution in [0.25, 0.3) is 11.6 Å². The SMILES string of the molecule is Cc1nc[nH]c1/C=C1\C(=O)Nc2ccc(F)c(C#C[C@H](C)O)c21. The van der Waals surface area contributed by atoms with Crippen LogP contribution in [0.3, 0.4) is 0 Å². The molecule has 2 aromatic rings. The summed E-state index contributed by atoms with van der Waals surface area (Å²) in [6.07, 6.45) is 2.25. The van der Waals surface area contributed by atoms with E-state index in [1.54, 1.807) is 13.0 Å². The van der Waals surface area contributed by atoms with Crippen molar-refractivity contribution in [1.82, 2.24) is 9.97 Å². The monoisotopic (exact) mass is 311 g/mol. The van der Waals surface area contributed by atoms with Crippen molar-refractivity contribution in [3.8, 4) is 11.8 Å². The molecule has 1 aliphatic heterocycles. The van der Waals surface area contributed by atoms with E-state index in [0.29, 0.717) is 22.5 Å². The van der Waals surface area contributed by atoms with Gasteiger partial charge in [-0.15, -0.1) is 0 Å². The smallest absolute Gasteiger partial charge is 0.256 e. The number of fused-ring (bicyclic) bond motifs is 1. The molecule has 0 unspecified atom stereocenters. The van der Waals surface area contributed by atoms with Gasteiger partial charge in [-0.2, -0.15) is 0 Å². The van der Waals surface area contributed by atoms with Crippen LogP contribution in [-0.2, 0) is 4.79 Å². The van der Waals surface area contributed by atoms with Gasteiger partial charge in [-0.3, -0.25) is 4.79 Å². The van der Waals surface area contributed by atoms with Crippen LogP contribution in [0.1, 0.15) is 29.4 Å². The largest absolute Gasteiger partial charge is 0.381 e. The van der Waals surface area contributed by atoms with Crippen molar-refractivity contribution in [2.45, 2.75) is 20.0 Å². The van der Waals surface area contributed by atoms with Gasteiger partial charge in [0, 0.05) is 5.56 Å². The number of aliphatic hydroxyl groups is 1. The number of halogens is 1. The number of aromatic amines is 1. The van der Waals surface area contributed by atoms with Crippen molar-refractivity contribution in [3.63, 3.8) is 0 Å². The zero-order valence-corrected chi connectivity index (χ0v) is 12.6. The Morgan fingerprint density at radius 1 is 1.43 bits per heavy atom. The number of nitrogens with one attached hydrogen (secondary N) is 2. The summed E-state index contributed by atoms with van der Waals surface area (Å²) in [5.41, 5.74) is 2.69. The molecule has 5 nitrogen and oxygen atoms in total. The standard InChI is InChI=1S/C17H14FN3O2/c1-9(22)3-4-11-13(18)5-6-14-16(11)12(17(23)21-14)7-15-10(2)19-8-20-15/h5-9,22H,1-2H3,(H,19,20)(H,21,23)/b12-7-/t9-/m0/s1. The summed E-state index contributed by atoms with van der Waals surface area (Å²) in [6, 6.07) is 2.74. The highest BCUT2D eigenvalue weighted by Crippen LogP contribution is 2.36. The van der Waals surface area contributed by atoms with Gasteiger partial charge in [0.15, 0.2) is 0 Å². The number of carbonyl (C=O) groups is 1. The Hall–Kier alpha value is -2.91. The predicted octanol–water partition coefficient (Wildman–Crippen LogP) is 2.08. The zero-order chi connectivity index (χ0) is 16.6. The molecule has 23 heavy (non-hydrogen) atoms. The zero-order valence-electron chi connectivity index (χ0n) is 12.6. The number of H-pyrrole nitrogens is 1. The summed E-state index contributed by atoms with van der Waals surface area (Å²) in [4.78, 5) is 19.2. The molecule has 0 saturated carbocycles. The number of aliphatic hydroxyl groups excluding tert-OH is 1. The van der Waals surface area contributed by atoms with Crippen LogP contribution in [-0.4, -0.2) is 27.1 Å². The van der Waals surface area contributed by atoms with Crippen molar-refractivity contribution in [2.75, 3.05) is 5.32 Å². The van der Waals surface area contributed by atoms with Gasteiger partial charge in [-0.25, -0.2) is 9.37 Å². The number of aromatic nitrogens is 2. The fourth-order valence-corrected chi connectivity index (χ4v) is 2.36. The Kier molecular flexibility index (Phi) is 3.72. The second-order valence-corrected chi connectivity index (χ2v) is 5.20. The van der Waals surface area contributed by atoms with E-state index in [4.69, 9.17) is 0 Å². The maximum Gasteiger partial charge on any atom is 0.256 e. The minimum absolute atomic E-state index is 0.0881. The molecule has 1 amide bonds. The molecule has 1 aromatic carbocycles. The van der Waals surface area contributed by atoms with E-state index in [-0.39, 0.29) is 11.5 Å². The number of carbonyl (C=O) groups excluding carboxylic acids is 1. The molecule has 0 bridgehead atoms. The fourth-order valence-electron chi connectivity index (χ4n) is 2.36.